The van der Waals surface area contributed by atoms with Crippen molar-refractivity contribution >= 4 is 32.6 Å². The molecular formula is C29H31N3O5S. The lowest BCUT2D eigenvalue weighted by molar-refractivity contribution is 0.0629. The fourth-order valence-corrected chi connectivity index (χ4v) is 7.12. The van der Waals surface area contributed by atoms with E-state index in [9.17, 15) is 18.0 Å². The molecule has 38 heavy (non-hydrogen) atoms. The third-order valence-corrected chi connectivity index (χ3v) is 9.29. The molecule has 0 bridgehead atoms. The Morgan fingerprint density at radius 2 is 1.34 bits per heavy atom. The lowest BCUT2D eigenvalue weighted by Crippen LogP contribution is -2.44. The summed E-state index contributed by atoms with van der Waals surface area (Å²) in [7, 11) is -3.80. The monoisotopic (exact) mass is 533 g/mol. The number of amides is 2. The van der Waals surface area contributed by atoms with Gasteiger partial charge in [-0.15, -0.1) is 0 Å². The van der Waals surface area contributed by atoms with Gasteiger partial charge in [-0.05, 0) is 79.3 Å². The van der Waals surface area contributed by atoms with Gasteiger partial charge in [0.25, 0.3) is 11.8 Å². The molecule has 0 aromatic heterocycles. The SMILES string of the molecule is CC(C)Oc1cc(C(=O)N2CC3C(C2)[C@@H]2CN(C(=O)c4ccc(S(N)(=O)=O)cc4)C[C@H]32)cc2ccccc12. The number of carbonyl (C=O) groups excluding carboxylic acids is 2. The number of ether oxygens (including phenoxy) is 1. The molecule has 8 nitrogen and oxygen atoms in total. The number of sulfonamides is 1. The summed E-state index contributed by atoms with van der Waals surface area (Å²) in [4.78, 5) is 30.5. The summed E-state index contributed by atoms with van der Waals surface area (Å²) in [5.41, 5.74) is 1.10. The van der Waals surface area contributed by atoms with E-state index in [1.165, 1.54) is 24.3 Å². The first-order chi connectivity index (χ1) is 18.1. The van der Waals surface area contributed by atoms with Crippen molar-refractivity contribution in [1.29, 1.82) is 0 Å². The molecule has 198 valence electrons. The Balaban J connectivity index is 1.14. The lowest BCUT2D eigenvalue weighted by Gasteiger charge is -2.42. The van der Waals surface area contributed by atoms with Gasteiger partial charge >= 0.3 is 0 Å². The molecule has 9 heteroatoms. The summed E-state index contributed by atoms with van der Waals surface area (Å²) in [5.74, 6) is 2.19. The fourth-order valence-electron chi connectivity index (χ4n) is 6.61. The highest BCUT2D eigenvalue weighted by molar-refractivity contribution is 7.89. The van der Waals surface area contributed by atoms with E-state index in [1.54, 1.807) is 0 Å². The molecule has 2 saturated heterocycles. The number of hydrogen-bond acceptors (Lipinski definition) is 5. The zero-order valence-electron chi connectivity index (χ0n) is 21.4. The molecule has 0 radical (unpaired) electrons. The third kappa shape index (κ3) is 4.23. The second-order valence-corrected chi connectivity index (χ2v) is 12.6. The van der Waals surface area contributed by atoms with Crippen LogP contribution in [-0.4, -0.2) is 62.3 Å². The van der Waals surface area contributed by atoms with Crippen molar-refractivity contribution in [1.82, 2.24) is 9.80 Å². The van der Waals surface area contributed by atoms with Crippen molar-refractivity contribution in [3.63, 3.8) is 0 Å². The Morgan fingerprint density at radius 1 is 0.816 bits per heavy atom. The number of nitrogens with two attached hydrogens (primary N) is 1. The zero-order valence-corrected chi connectivity index (χ0v) is 22.2. The molecule has 2 aliphatic heterocycles. The van der Waals surface area contributed by atoms with Crippen LogP contribution >= 0.6 is 0 Å². The Labute approximate surface area is 222 Å². The largest absolute Gasteiger partial charge is 0.490 e. The Hall–Kier alpha value is -3.43. The van der Waals surface area contributed by atoms with Crippen molar-refractivity contribution in [3.05, 3.63) is 71.8 Å². The second kappa shape index (κ2) is 9.10. The van der Waals surface area contributed by atoms with Gasteiger partial charge in [-0.25, -0.2) is 13.6 Å². The molecule has 0 spiro atoms. The molecule has 3 aromatic carbocycles. The van der Waals surface area contributed by atoms with Gasteiger partial charge in [0, 0.05) is 42.7 Å². The van der Waals surface area contributed by atoms with Crippen LogP contribution in [0.5, 0.6) is 5.75 Å². The summed E-state index contributed by atoms with van der Waals surface area (Å²) in [5, 5.41) is 7.15. The minimum Gasteiger partial charge on any atom is -0.490 e. The van der Waals surface area contributed by atoms with E-state index in [0.29, 0.717) is 61.0 Å². The number of carbonyl (C=O) groups is 2. The van der Waals surface area contributed by atoms with Crippen molar-refractivity contribution in [2.45, 2.75) is 24.8 Å². The summed E-state index contributed by atoms with van der Waals surface area (Å²) in [6.45, 7) is 6.67. The van der Waals surface area contributed by atoms with Crippen LogP contribution in [0.1, 0.15) is 34.6 Å². The van der Waals surface area contributed by atoms with Crippen LogP contribution in [0.3, 0.4) is 0 Å². The highest BCUT2D eigenvalue weighted by Gasteiger charge is 2.59. The summed E-state index contributed by atoms with van der Waals surface area (Å²) < 4.78 is 29.1. The van der Waals surface area contributed by atoms with E-state index in [4.69, 9.17) is 9.88 Å². The Morgan fingerprint density at radius 3 is 1.87 bits per heavy atom. The van der Waals surface area contributed by atoms with Crippen molar-refractivity contribution < 1.29 is 22.7 Å². The van der Waals surface area contributed by atoms with Crippen LogP contribution in [0, 0.1) is 23.7 Å². The standard InChI is InChI=1S/C29H31N3O5S/c1-17(2)37-27-12-20(11-19-5-3-4-6-22(19)27)29(34)32-15-25-23-13-31(14-24(23)26(25)16-32)28(33)18-7-9-21(10-8-18)38(30,35)36/h3-12,17,23-26H,13-16H2,1-2H3,(H2,30,35,36)/t23-,24+,25?,26?. The first-order valence-corrected chi connectivity index (χ1v) is 14.6. The van der Waals surface area contributed by atoms with Crippen molar-refractivity contribution in [3.8, 4) is 5.75 Å². The van der Waals surface area contributed by atoms with E-state index in [1.807, 2.05) is 60.0 Å². The number of primary sulfonamides is 1. The molecule has 2 N–H and O–H groups in total. The average molecular weight is 534 g/mol. The minimum atomic E-state index is -3.80. The molecule has 1 aliphatic carbocycles. The maximum atomic E-state index is 13.6. The molecule has 2 heterocycles. The highest BCUT2D eigenvalue weighted by Crippen LogP contribution is 2.54. The third-order valence-electron chi connectivity index (χ3n) is 8.36. The van der Waals surface area contributed by atoms with Crippen LogP contribution in [-0.2, 0) is 10.0 Å². The highest BCUT2D eigenvalue weighted by atomic mass is 32.2. The first-order valence-electron chi connectivity index (χ1n) is 13.0. The molecule has 3 aliphatic rings. The Bertz CT molecular complexity index is 1520. The van der Waals surface area contributed by atoms with E-state index >= 15 is 0 Å². The van der Waals surface area contributed by atoms with Gasteiger partial charge in [0.1, 0.15) is 5.75 Å². The van der Waals surface area contributed by atoms with E-state index in [-0.39, 0.29) is 22.8 Å². The molecule has 3 aromatic rings. The molecule has 3 fully saturated rings. The smallest absolute Gasteiger partial charge is 0.254 e. The summed E-state index contributed by atoms with van der Waals surface area (Å²) >= 11 is 0. The molecular weight excluding hydrogens is 502 g/mol. The number of fused-ring (bicyclic) bond motifs is 5. The number of nitrogens with zero attached hydrogens (tertiary/aromatic N) is 2. The van der Waals surface area contributed by atoms with E-state index in [2.05, 4.69) is 0 Å². The van der Waals surface area contributed by atoms with E-state index < -0.39 is 10.0 Å². The fraction of sp³-hybridized carbons (Fsp3) is 0.379. The number of benzene rings is 3. The van der Waals surface area contributed by atoms with Crippen LogP contribution in [0.15, 0.2) is 65.6 Å². The first kappa shape index (κ1) is 24.9. The van der Waals surface area contributed by atoms with Crippen LogP contribution in [0.25, 0.3) is 10.8 Å². The van der Waals surface area contributed by atoms with Gasteiger partial charge in [-0.3, -0.25) is 9.59 Å². The van der Waals surface area contributed by atoms with Gasteiger partial charge in [-0.2, -0.15) is 0 Å². The molecule has 4 atom stereocenters. The lowest BCUT2D eigenvalue weighted by atomic mass is 9.60. The Kier molecular flexibility index (Phi) is 5.96. The number of likely N-dealkylation sites (tertiary alicyclic amines) is 2. The zero-order chi connectivity index (χ0) is 26.8. The molecule has 6 rings (SSSR count). The predicted octanol–water partition coefficient (Wildman–Crippen LogP) is 3.36. The van der Waals surface area contributed by atoms with Crippen LogP contribution < -0.4 is 9.88 Å². The normalized spacial score (nSPS) is 24.3. The molecule has 2 unspecified atom stereocenters. The van der Waals surface area contributed by atoms with Gasteiger partial charge in [0.15, 0.2) is 0 Å². The van der Waals surface area contributed by atoms with Crippen LogP contribution in [0.4, 0.5) is 0 Å². The summed E-state index contributed by atoms with van der Waals surface area (Å²) in [6, 6.07) is 17.6. The maximum Gasteiger partial charge on any atom is 0.254 e. The predicted molar refractivity (Wildman–Crippen MR) is 143 cm³/mol. The second-order valence-electron chi connectivity index (χ2n) is 11.0. The van der Waals surface area contributed by atoms with Gasteiger partial charge in [0.2, 0.25) is 10.0 Å². The quantitative estimate of drug-likeness (QED) is 0.541. The number of hydrogen-bond donors (Lipinski definition) is 1. The molecule has 2 amide bonds. The van der Waals surface area contributed by atoms with Gasteiger partial charge in [0.05, 0.1) is 11.0 Å². The average Bonchev–Trinajstić information content (AvgIpc) is 3.45. The van der Waals surface area contributed by atoms with Crippen molar-refractivity contribution in [2.75, 3.05) is 26.2 Å². The minimum absolute atomic E-state index is 0.00283. The summed E-state index contributed by atoms with van der Waals surface area (Å²) in [6.07, 6.45) is 0.00283. The van der Waals surface area contributed by atoms with Crippen LogP contribution in [0.2, 0.25) is 0 Å². The van der Waals surface area contributed by atoms with Gasteiger partial charge < -0.3 is 14.5 Å². The number of rotatable bonds is 5. The maximum absolute atomic E-state index is 13.6. The van der Waals surface area contributed by atoms with E-state index in [0.717, 1.165) is 16.5 Å². The molecule has 1 saturated carbocycles. The van der Waals surface area contributed by atoms with Gasteiger partial charge in [-0.1, -0.05) is 24.3 Å². The van der Waals surface area contributed by atoms with Crippen molar-refractivity contribution in [2.24, 2.45) is 28.8 Å². The topological polar surface area (TPSA) is 110 Å².